The summed E-state index contributed by atoms with van der Waals surface area (Å²) >= 11 is 0. The molecule has 4 aliphatic carbocycles. The van der Waals surface area contributed by atoms with Crippen molar-refractivity contribution in [1.29, 1.82) is 0 Å². The van der Waals surface area contributed by atoms with Crippen LogP contribution in [0, 0.1) is 83.1 Å². The van der Waals surface area contributed by atoms with Gasteiger partial charge in [0.2, 0.25) is 0 Å². The second-order valence-electron chi connectivity index (χ2n) is 36.3. The fraction of sp³-hybridized carbons (Fsp3) is 0.155. The third-order valence-corrected chi connectivity index (χ3v) is 48.9. The molecule has 5 aliphatic rings. The molecule has 0 nitrogen and oxygen atoms in total. The summed E-state index contributed by atoms with van der Waals surface area (Å²) in [5.74, 6) is 0. The third kappa shape index (κ3) is 2.86. The molecule has 0 aromatic heterocycles. The standard InChI is InChI=1S/C97H46Si2/c1-22-13-26(5)92(27(6)14-22)98(93-28(7)15-23(2)16-29(93)8)21-99(94-30(9)17-24(3)18-31(94)10,95-32(11)19-25(4)20-33(95)12)97-89-82-75-63-55-46-37-35-34-36-40(37)49-56-54-45(36)47-43-38(34)41-42-39(35)44-48(46)61(63)69-67-53(44)51(42)59-58-50(41)52(43)66-68-60(47)62(54)74-76-64(56)65(57(49)55)77(75)86(89)85(76)88-81(74)79(68)83-72(66)70(58)78-71(59)73(67)84(80(69)82)91(97)87(78)90(83)96(88,97)98/h13-20H,21H2,1-12H3. The lowest BCUT2D eigenvalue weighted by molar-refractivity contribution is 0.583. The van der Waals surface area contributed by atoms with E-state index in [1.807, 2.05) is 22.3 Å². The smallest absolute Gasteiger partial charge is 0.0565 e. The van der Waals surface area contributed by atoms with E-state index in [0.717, 1.165) is 0 Å². The molecule has 99 heavy (non-hydrogen) atoms. The Balaban J connectivity index is 1.03. The molecule has 0 bridgehead atoms. The molecule has 32 aromatic rings. The Kier molecular flexibility index (Phi) is 4.97. The molecule has 0 amide bonds. The fourth-order valence-electron chi connectivity index (χ4n) is 34.2. The second-order valence-corrected chi connectivity index (χ2v) is 44.9. The number of aryl methyl sites for hydroxylation is 12. The number of rotatable bonds is 4. The molecular weight excluding hydrogens is 1220 g/mol. The van der Waals surface area contributed by atoms with Gasteiger partial charge in [-0.05, 0) is 423 Å². The number of benzene rings is 21. The van der Waals surface area contributed by atoms with Crippen molar-refractivity contribution in [2.45, 2.75) is 98.8 Å². The first-order valence-electron chi connectivity index (χ1n) is 37.3. The first-order chi connectivity index (χ1) is 48.2. The predicted octanol–water partition coefficient (Wildman–Crippen LogP) is 23.2. The first kappa shape index (κ1) is 44.6. The van der Waals surface area contributed by atoms with Crippen molar-refractivity contribution < 1.29 is 0 Å². The van der Waals surface area contributed by atoms with E-state index in [-0.39, 0.29) is 0 Å². The largest absolute Gasteiger partial charge is 0.133 e. The van der Waals surface area contributed by atoms with Gasteiger partial charge in [-0.3, -0.25) is 0 Å². The van der Waals surface area contributed by atoms with Crippen LogP contribution in [0.4, 0.5) is 0 Å². The molecule has 2 spiro atoms. The van der Waals surface area contributed by atoms with Crippen LogP contribution in [-0.4, -0.2) is 16.1 Å². The zero-order chi connectivity index (χ0) is 63.1. The van der Waals surface area contributed by atoms with E-state index in [0.29, 0.717) is 0 Å². The molecule has 1 fully saturated rings. The van der Waals surface area contributed by atoms with E-state index >= 15 is 0 Å². The highest BCUT2D eigenvalue weighted by Crippen LogP contribution is 2.88. The van der Waals surface area contributed by atoms with Crippen LogP contribution >= 0.6 is 0 Å². The molecule has 2 atom stereocenters. The fourth-order valence-corrected chi connectivity index (χ4v) is 56.0. The molecule has 0 saturated carbocycles. The zero-order valence-corrected chi connectivity index (χ0v) is 58.3. The molecule has 32 aromatic carbocycles. The molecule has 1 aliphatic heterocycles. The Morgan fingerprint density at radius 3 is 0.434 bits per heavy atom. The van der Waals surface area contributed by atoms with Crippen LogP contribution in [0.5, 0.6) is 0 Å². The van der Waals surface area contributed by atoms with Gasteiger partial charge in [-0.15, -0.1) is 0 Å². The van der Waals surface area contributed by atoms with Gasteiger partial charge in [0.15, 0.2) is 0 Å². The SMILES string of the molecule is Cc1cc(C)c([Si]2(c3c(C)cc(C)cc3C)C[Si](c3c(C)cc(C)cc3C)(c3c(C)cc(C)cc3C)C34c5c6c7c8c9c%10c(c%11c%12c3c3c%13c5c5c%14c6c6c8c8c9c9c%15c%10c%11c%10c%11c%12c3c3c%12c%13c5c5c%13c%14c6c6c8c8c9c9c%15c%10c%10c%11c3c3c%12c5c5c%13c6c8c6c9c%10c3c56)C742)c(C)c1. The van der Waals surface area contributed by atoms with Gasteiger partial charge >= 0.3 is 0 Å². The lowest BCUT2D eigenvalue weighted by Crippen LogP contribution is -2.77. The van der Waals surface area contributed by atoms with Gasteiger partial charge in [-0.1, -0.05) is 115 Å². The summed E-state index contributed by atoms with van der Waals surface area (Å²) in [5, 5.41) is 96.8. The molecule has 1 heterocycles. The van der Waals surface area contributed by atoms with Crippen molar-refractivity contribution in [1.82, 2.24) is 0 Å². The Bertz CT molecular complexity index is 8780. The summed E-state index contributed by atoms with van der Waals surface area (Å²) in [6, 6.07) is 21.8. The van der Waals surface area contributed by atoms with Crippen LogP contribution < -0.4 is 20.7 Å². The summed E-state index contributed by atoms with van der Waals surface area (Å²) in [6.07, 6.45) is 0. The predicted molar refractivity (Wildman–Crippen MR) is 431 cm³/mol. The molecule has 2 unspecified atom stereocenters. The van der Waals surface area contributed by atoms with E-state index in [1.165, 1.54) is 27.9 Å². The summed E-state index contributed by atoms with van der Waals surface area (Å²) in [4.78, 5) is 0. The van der Waals surface area contributed by atoms with Gasteiger partial charge < -0.3 is 0 Å². The Morgan fingerprint density at radius 1 is 0.162 bits per heavy atom. The van der Waals surface area contributed by atoms with Gasteiger partial charge in [0, 0.05) is 10.1 Å². The van der Waals surface area contributed by atoms with Crippen LogP contribution in [0.25, 0.3) is 291 Å². The minimum atomic E-state index is -3.72. The quantitative estimate of drug-likeness (QED) is 0.122. The van der Waals surface area contributed by atoms with Crippen molar-refractivity contribution in [3.63, 3.8) is 0 Å². The molecule has 1 saturated heterocycles. The molecule has 0 N–H and O–H groups in total. The van der Waals surface area contributed by atoms with Gasteiger partial charge in [0.1, 0.15) is 16.1 Å². The van der Waals surface area contributed by atoms with Gasteiger partial charge in [0.25, 0.3) is 0 Å². The van der Waals surface area contributed by atoms with Crippen molar-refractivity contribution in [3.8, 4) is 0 Å². The molecule has 0 radical (unpaired) electrons. The van der Waals surface area contributed by atoms with Gasteiger partial charge in [-0.2, -0.15) is 0 Å². The summed E-state index contributed by atoms with van der Waals surface area (Å²) in [6.45, 7) is 31.0. The van der Waals surface area contributed by atoms with E-state index in [2.05, 4.69) is 132 Å². The first-order valence-corrected chi connectivity index (χ1v) is 41.7. The highest BCUT2D eigenvalue weighted by molar-refractivity contribution is 7.26. The van der Waals surface area contributed by atoms with Crippen LogP contribution in [0.2, 0.25) is 5.67 Å². The average Bonchev–Trinajstić information content (AvgIpc) is 1.37. The van der Waals surface area contributed by atoms with Crippen LogP contribution in [-0.2, 0) is 10.1 Å². The maximum absolute atomic E-state index is 3.72. The van der Waals surface area contributed by atoms with Crippen molar-refractivity contribution >= 4 is 328 Å². The minimum absolute atomic E-state index is 0.527. The van der Waals surface area contributed by atoms with E-state index in [9.17, 15) is 0 Å². The number of hydrogen-bond donors (Lipinski definition) is 0. The maximum atomic E-state index is 2.72. The topological polar surface area (TPSA) is 0 Å². The summed E-state index contributed by atoms with van der Waals surface area (Å²) in [7, 11) is -7.44. The normalized spacial score (nSPS) is 20.5. The minimum Gasteiger partial charge on any atom is -0.0565 e. The van der Waals surface area contributed by atoms with E-state index in [4.69, 9.17) is 0 Å². The Morgan fingerprint density at radius 2 is 0.273 bits per heavy atom. The molecule has 2 heteroatoms. The van der Waals surface area contributed by atoms with E-state index < -0.39 is 26.2 Å². The highest BCUT2D eigenvalue weighted by atomic mass is 28.4. The van der Waals surface area contributed by atoms with E-state index in [1.54, 1.807) is 356 Å². The second kappa shape index (κ2) is 11.0. The molecule has 442 valence electrons. The third-order valence-electron chi connectivity index (χ3n) is 33.5. The Labute approximate surface area is 560 Å². The van der Waals surface area contributed by atoms with Crippen LogP contribution in [0.15, 0.2) is 48.5 Å². The Hall–Kier alpha value is -10.2. The van der Waals surface area contributed by atoms with Crippen LogP contribution in [0.1, 0.15) is 89.0 Å². The van der Waals surface area contributed by atoms with Crippen molar-refractivity contribution in [2.75, 3.05) is 0 Å². The number of hydrogen-bond acceptors (Lipinski definition) is 0. The zero-order valence-electron chi connectivity index (χ0n) is 56.3. The van der Waals surface area contributed by atoms with Crippen molar-refractivity contribution in [2.24, 2.45) is 0 Å². The van der Waals surface area contributed by atoms with Gasteiger partial charge in [-0.25, -0.2) is 0 Å². The summed E-state index contributed by atoms with van der Waals surface area (Å²) in [5.41, 5.74) is 26.6. The monoisotopic (exact) mass is 1270 g/mol. The summed E-state index contributed by atoms with van der Waals surface area (Å²) < 4.78 is 0. The van der Waals surface area contributed by atoms with Crippen molar-refractivity contribution in [3.05, 3.63) is 138 Å². The lowest BCUT2D eigenvalue weighted by Gasteiger charge is -2.60. The lowest BCUT2D eigenvalue weighted by atomic mass is 9.67. The molecular formula is C97H46Si2. The average molecular weight is 1270 g/mol. The maximum Gasteiger partial charge on any atom is 0.133 e. The molecule has 37 rings (SSSR count). The van der Waals surface area contributed by atoms with Crippen LogP contribution in [0.3, 0.4) is 0 Å². The highest BCUT2D eigenvalue weighted by Gasteiger charge is 2.89. The van der Waals surface area contributed by atoms with Gasteiger partial charge in [0.05, 0.1) is 0 Å².